The number of hydrogen-bond donors (Lipinski definition) is 2. The van der Waals surface area contributed by atoms with E-state index in [1.54, 1.807) is 12.1 Å². The molecule has 0 saturated heterocycles. The van der Waals surface area contributed by atoms with Crippen molar-refractivity contribution in [3.05, 3.63) is 29.3 Å². The molecule has 0 aromatic heterocycles. The lowest BCUT2D eigenvalue weighted by Gasteiger charge is -2.37. The number of carbonyl (C=O) groups excluding carboxylic acids is 1. The molecule has 0 amide bonds. The van der Waals surface area contributed by atoms with Crippen molar-refractivity contribution in [2.75, 3.05) is 7.11 Å². The first-order valence-electron chi connectivity index (χ1n) is 5.62. The van der Waals surface area contributed by atoms with Crippen LogP contribution < -0.4 is 5.32 Å². The van der Waals surface area contributed by atoms with Crippen molar-refractivity contribution < 1.29 is 14.6 Å². The van der Waals surface area contributed by atoms with Gasteiger partial charge in [0, 0.05) is 5.54 Å². The van der Waals surface area contributed by atoms with E-state index in [-0.39, 0.29) is 23.3 Å². The zero-order valence-electron chi connectivity index (χ0n) is 10.3. The van der Waals surface area contributed by atoms with Crippen LogP contribution in [0.5, 0.6) is 5.75 Å². The molecule has 0 bridgehead atoms. The second-order valence-corrected chi connectivity index (χ2v) is 4.89. The Balaban J connectivity index is 2.41. The molecule has 1 aliphatic rings. The monoisotopic (exact) mass is 235 g/mol. The number of aromatic hydroxyl groups is 1. The van der Waals surface area contributed by atoms with Crippen LogP contribution in [0.25, 0.3) is 0 Å². The van der Waals surface area contributed by atoms with Gasteiger partial charge in [0.1, 0.15) is 11.8 Å². The molecule has 0 radical (unpaired) electrons. The third-order valence-corrected chi connectivity index (χ3v) is 3.21. The zero-order chi connectivity index (χ0) is 12.6. The van der Waals surface area contributed by atoms with E-state index in [0.29, 0.717) is 6.42 Å². The number of nitrogens with one attached hydrogen (secondary N) is 1. The molecule has 0 saturated carbocycles. The summed E-state index contributed by atoms with van der Waals surface area (Å²) in [5.74, 6) is -0.0443. The standard InChI is InChI=1S/C13H17NO3/c1-13(2)10-5-4-9(15)6-8(10)7-11(14-13)12(16)17-3/h4-6,11,14-15H,7H2,1-3H3. The molecule has 1 aromatic rings. The van der Waals surface area contributed by atoms with Crippen LogP contribution in [0, 0.1) is 0 Å². The normalized spacial score (nSPS) is 21.7. The highest BCUT2D eigenvalue weighted by molar-refractivity contribution is 5.77. The van der Waals surface area contributed by atoms with Gasteiger partial charge in [-0.1, -0.05) is 6.07 Å². The highest BCUT2D eigenvalue weighted by atomic mass is 16.5. The van der Waals surface area contributed by atoms with E-state index in [1.807, 2.05) is 19.9 Å². The molecule has 0 aliphatic carbocycles. The molecule has 4 nitrogen and oxygen atoms in total. The maximum Gasteiger partial charge on any atom is 0.323 e. The number of methoxy groups -OCH3 is 1. The Morgan fingerprint density at radius 3 is 2.88 bits per heavy atom. The lowest BCUT2D eigenvalue weighted by atomic mass is 9.82. The predicted molar refractivity (Wildman–Crippen MR) is 63.8 cm³/mol. The molecular formula is C13H17NO3. The molecule has 1 atom stereocenters. The van der Waals surface area contributed by atoms with E-state index < -0.39 is 0 Å². The summed E-state index contributed by atoms with van der Waals surface area (Å²) in [7, 11) is 1.38. The van der Waals surface area contributed by atoms with Gasteiger partial charge >= 0.3 is 5.97 Å². The Labute approximate surface area is 101 Å². The number of benzene rings is 1. The molecule has 17 heavy (non-hydrogen) atoms. The van der Waals surface area contributed by atoms with Crippen molar-refractivity contribution in [2.45, 2.75) is 31.8 Å². The number of fused-ring (bicyclic) bond motifs is 1. The van der Waals surface area contributed by atoms with Crippen molar-refractivity contribution in [3.63, 3.8) is 0 Å². The van der Waals surface area contributed by atoms with Crippen molar-refractivity contribution >= 4 is 5.97 Å². The highest BCUT2D eigenvalue weighted by Crippen LogP contribution is 2.32. The summed E-state index contributed by atoms with van der Waals surface area (Å²) in [6.07, 6.45) is 0.542. The number of phenols is 1. The van der Waals surface area contributed by atoms with E-state index in [1.165, 1.54) is 7.11 Å². The molecular weight excluding hydrogens is 218 g/mol. The molecule has 4 heteroatoms. The van der Waals surface area contributed by atoms with Crippen LogP contribution in [0.15, 0.2) is 18.2 Å². The minimum absolute atomic E-state index is 0.227. The molecule has 2 rings (SSSR count). The van der Waals surface area contributed by atoms with Crippen molar-refractivity contribution in [1.29, 1.82) is 0 Å². The Morgan fingerprint density at radius 1 is 1.53 bits per heavy atom. The Morgan fingerprint density at radius 2 is 2.24 bits per heavy atom. The number of phenolic OH excluding ortho intramolecular Hbond substituents is 1. The van der Waals surface area contributed by atoms with E-state index >= 15 is 0 Å². The summed E-state index contributed by atoms with van der Waals surface area (Å²) in [5.41, 5.74) is 1.79. The second kappa shape index (κ2) is 4.04. The molecule has 2 N–H and O–H groups in total. The summed E-state index contributed by atoms with van der Waals surface area (Å²) in [4.78, 5) is 11.6. The summed E-state index contributed by atoms with van der Waals surface area (Å²) in [6, 6.07) is 4.92. The predicted octanol–water partition coefficient (Wildman–Crippen LogP) is 1.31. The van der Waals surface area contributed by atoms with Crippen LogP contribution in [0.3, 0.4) is 0 Å². The first kappa shape index (κ1) is 11.9. The lowest BCUT2D eigenvalue weighted by Crippen LogP contribution is -2.53. The molecule has 92 valence electrons. The van der Waals surface area contributed by atoms with E-state index in [4.69, 9.17) is 4.74 Å². The van der Waals surface area contributed by atoms with Crippen LogP contribution in [0.2, 0.25) is 0 Å². The summed E-state index contributed by atoms with van der Waals surface area (Å²) in [5, 5.41) is 12.8. The van der Waals surface area contributed by atoms with Gasteiger partial charge in [0.25, 0.3) is 0 Å². The maximum atomic E-state index is 11.6. The highest BCUT2D eigenvalue weighted by Gasteiger charge is 2.35. The van der Waals surface area contributed by atoms with Crippen molar-refractivity contribution in [3.8, 4) is 5.75 Å². The Hall–Kier alpha value is -1.55. The number of carbonyl (C=O) groups is 1. The third kappa shape index (κ3) is 2.13. The van der Waals surface area contributed by atoms with Crippen LogP contribution in [0.4, 0.5) is 0 Å². The Kier molecular flexibility index (Phi) is 2.83. The minimum atomic E-state index is -0.357. The zero-order valence-corrected chi connectivity index (χ0v) is 10.3. The van der Waals surface area contributed by atoms with Gasteiger partial charge in [0.2, 0.25) is 0 Å². The van der Waals surface area contributed by atoms with Gasteiger partial charge in [-0.15, -0.1) is 0 Å². The number of hydrogen-bond acceptors (Lipinski definition) is 4. The molecule has 0 fully saturated rings. The van der Waals surface area contributed by atoms with E-state index in [0.717, 1.165) is 11.1 Å². The molecule has 1 aromatic carbocycles. The summed E-state index contributed by atoms with van der Waals surface area (Å²) < 4.78 is 4.76. The number of ether oxygens (including phenoxy) is 1. The van der Waals surface area contributed by atoms with Crippen LogP contribution in [-0.2, 0) is 21.5 Å². The number of rotatable bonds is 1. The van der Waals surface area contributed by atoms with Gasteiger partial charge in [0.05, 0.1) is 7.11 Å². The SMILES string of the molecule is COC(=O)C1Cc2cc(O)ccc2C(C)(C)N1. The van der Waals surface area contributed by atoms with Gasteiger partial charge in [-0.25, -0.2) is 0 Å². The van der Waals surface area contributed by atoms with Crippen LogP contribution in [-0.4, -0.2) is 24.2 Å². The molecule has 1 unspecified atom stereocenters. The first-order chi connectivity index (χ1) is 7.94. The second-order valence-electron chi connectivity index (χ2n) is 4.89. The van der Waals surface area contributed by atoms with Gasteiger partial charge in [-0.2, -0.15) is 0 Å². The van der Waals surface area contributed by atoms with Gasteiger partial charge in [0.15, 0.2) is 0 Å². The first-order valence-corrected chi connectivity index (χ1v) is 5.62. The average Bonchev–Trinajstić information content (AvgIpc) is 2.26. The van der Waals surface area contributed by atoms with E-state index in [9.17, 15) is 9.90 Å². The topological polar surface area (TPSA) is 58.6 Å². The fourth-order valence-electron chi connectivity index (χ4n) is 2.43. The third-order valence-electron chi connectivity index (χ3n) is 3.21. The summed E-state index contributed by atoms with van der Waals surface area (Å²) >= 11 is 0. The number of esters is 1. The minimum Gasteiger partial charge on any atom is -0.508 e. The van der Waals surface area contributed by atoms with Crippen LogP contribution in [0.1, 0.15) is 25.0 Å². The van der Waals surface area contributed by atoms with Gasteiger partial charge in [-0.3, -0.25) is 10.1 Å². The lowest BCUT2D eigenvalue weighted by molar-refractivity contribution is -0.144. The molecule has 1 heterocycles. The van der Waals surface area contributed by atoms with Crippen molar-refractivity contribution in [2.24, 2.45) is 0 Å². The van der Waals surface area contributed by atoms with E-state index in [2.05, 4.69) is 5.32 Å². The van der Waals surface area contributed by atoms with Gasteiger partial charge < -0.3 is 9.84 Å². The van der Waals surface area contributed by atoms with Crippen LogP contribution >= 0.6 is 0 Å². The smallest absolute Gasteiger partial charge is 0.323 e. The molecule has 1 aliphatic heterocycles. The maximum absolute atomic E-state index is 11.6. The average molecular weight is 235 g/mol. The molecule has 0 spiro atoms. The fraction of sp³-hybridized carbons (Fsp3) is 0.462. The Bertz CT molecular complexity index is 454. The van der Waals surface area contributed by atoms with Crippen molar-refractivity contribution in [1.82, 2.24) is 5.32 Å². The summed E-state index contributed by atoms with van der Waals surface area (Å²) in [6.45, 7) is 4.02. The fourth-order valence-corrected chi connectivity index (χ4v) is 2.43. The van der Waals surface area contributed by atoms with Gasteiger partial charge in [-0.05, 0) is 43.5 Å². The quantitative estimate of drug-likeness (QED) is 0.721. The largest absolute Gasteiger partial charge is 0.508 e.